The first-order chi connectivity index (χ1) is 13.1. The summed E-state index contributed by atoms with van der Waals surface area (Å²) in [5.41, 5.74) is 3.07. The molecule has 0 unspecified atom stereocenters. The number of aromatic nitrogens is 1. The van der Waals surface area contributed by atoms with Crippen LogP contribution in [-0.4, -0.2) is 40.9 Å². The second-order valence-corrected chi connectivity index (χ2v) is 7.53. The minimum absolute atomic E-state index is 0.0428. The predicted molar refractivity (Wildman–Crippen MR) is 105 cm³/mol. The van der Waals surface area contributed by atoms with Crippen LogP contribution in [0.2, 0.25) is 0 Å². The van der Waals surface area contributed by atoms with Crippen molar-refractivity contribution in [2.75, 3.05) is 19.6 Å². The lowest BCUT2D eigenvalue weighted by molar-refractivity contribution is 0.0655. The van der Waals surface area contributed by atoms with Crippen molar-refractivity contribution >= 4 is 33.4 Å². The van der Waals surface area contributed by atoms with Gasteiger partial charge in [0.25, 0.3) is 11.8 Å². The van der Waals surface area contributed by atoms with Gasteiger partial charge in [0, 0.05) is 20.1 Å². The molecule has 1 N–H and O–H groups in total. The molecule has 0 saturated heterocycles. The molecular weight excluding hydrogens is 362 g/mol. The first kappa shape index (κ1) is 17.6. The second kappa shape index (κ2) is 7.09. The molecule has 1 aromatic heterocycles. The Bertz CT molecular complexity index is 1060. The van der Waals surface area contributed by atoms with Crippen LogP contribution >= 0.6 is 11.3 Å². The zero-order chi connectivity index (χ0) is 19.0. The smallest absolute Gasteiger partial charge is 0.307 e. The number of aryl methyl sites for hydroxylation is 1. The maximum Gasteiger partial charge on any atom is 0.307 e. The van der Waals surface area contributed by atoms with Crippen molar-refractivity contribution in [3.63, 3.8) is 0 Å². The molecule has 0 saturated carbocycles. The SMILES string of the molecule is Cn1c(=O)sc2cc(CCNCCN3C(=O)c4ccccc4C3=O)ccc21. The van der Waals surface area contributed by atoms with Gasteiger partial charge in [0.2, 0.25) is 0 Å². The molecule has 27 heavy (non-hydrogen) atoms. The predicted octanol–water partition coefficient (Wildman–Crippen LogP) is 2.03. The highest BCUT2D eigenvalue weighted by Crippen LogP contribution is 2.22. The van der Waals surface area contributed by atoms with Gasteiger partial charge in [0.1, 0.15) is 0 Å². The van der Waals surface area contributed by atoms with Gasteiger partial charge in [0.15, 0.2) is 0 Å². The topological polar surface area (TPSA) is 71.4 Å². The molecule has 0 fully saturated rings. The summed E-state index contributed by atoms with van der Waals surface area (Å²) >= 11 is 1.25. The summed E-state index contributed by atoms with van der Waals surface area (Å²) < 4.78 is 2.65. The number of fused-ring (bicyclic) bond motifs is 2. The van der Waals surface area contributed by atoms with Crippen LogP contribution in [0, 0.1) is 0 Å². The highest BCUT2D eigenvalue weighted by molar-refractivity contribution is 7.16. The van der Waals surface area contributed by atoms with E-state index >= 15 is 0 Å². The zero-order valence-electron chi connectivity index (χ0n) is 14.9. The fraction of sp³-hybridized carbons (Fsp3) is 0.250. The Morgan fingerprint density at radius 1 is 0.963 bits per heavy atom. The van der Waals surface area contributed by atoms with Crippen molar-refractivity contribution in [2.45, 2.75) is 6.42 Å². The quantitative estimate of drug-likeness (QED) is 0.524. The number of benzene rings is 2. The summed E-state index contributed by atoms with van der Waals surface area (Å²) in [7, 11) is 1.78. The Hall–Kier alpha value is -2.77. The summed E-state index contributed by atoms with van der Waals surface area (Å²) in [5.74, 6) is -0.441. The molecule has 0 radical (unpaired) electrons. The third-order valence-electron chi connectivity index (χ3n) is 4.84. The molecule has 4 rings (SSSR count). The number of hydrogen-bond acceptors (Lipinski definition) is 5. The van der Waals surface area contributed by atoms with Crippen molar-refractivity contribution in [3.05, 3.63) is 68.8 Å². The highest BCUT2D eigenvalue weighted by atomic mass is 32.1. The third kappa shape index (κ3) is 3.20. The summed E-state index contributed by atoms with van der Waals surface area (Å²) in [4.78, 5) is 37.7. The van der Waals surface area contributed by atoms with E-state index in [1.54, 1.807) is 35.9 Å². The fourth-order valence-corrected chi connectivity index (χ4v) is 4.27. The summed E-state index contributed by atoms with van der Waals surface area (Å²) in [6.07, 6.45) is 0.813. The maximum atomic E-state index is 12.3. The minimum Gasteiger partial charge on any atom is -0.315 e. The molecule has 0 atom stereocenters. The Morgan fingerprint density at radius 3 is 2.37 bits per heavy atom. The van der Waals surface area contributed by atoms with Crippen molar-refractivity contribution in [2.24, 2.45) is 7.05 Å². The zero-order valence-corrected chi connectivity index (χ0v) is 15.7. The van der Waals surface area contributed by atoms with Gasteiger partial charge < -0.3 is 9.88 Å². The number of hydrogen-bond donors (Lipinski definition) is 1. The lowest BCUT2D eigenvalue weighted by Crippen LogP contribution is -2.36. The Labute approximate surface area is 160 Å². The molecule has 7 heteroatoms. The van der Waals surface area contributed by atoms with Crippen LogP contribution in [0.5, 0.6) is 0 Å². The molecule has 138 valence electrons. The lowest BCUT2D eigenvalue weighted by atomic mass is 10.1. The van der Waals surface area contributed by atoms with Crippen LogP contribution in [0.15, 0.2) is 47.3 Å². The lowest BCUT2D eigenvalue weighted by Gasteiger charge is -2.14. The Morgan fingerprint density at radius 2 is 1.67 bits per heavy atom. The van der Waals surface area contributed by atoms with E-state index in [1.807, 2.05) is 18.2 Å². The molecule has 1 aliphatic rings. The second-order valence-electron chi connectivity index (χ2n) is 6.54. The molecule has 0 aliphatic carbocycles. The molecule has 0 bridgehead atoms. The van der Waals surface area contributed by atoms with E-state index in [9.17, 15) is 14.4 Å². The summed E-state index contributed by atoms with van der Waals surface area (Å²) in [6, 6.07) is 13.0. The van der Waals surface area contributed by atoms with Gasteiger partial charge >= 0.3 is 4.87 Å². The van der Waals surface area contributed by atoms with E-state index in [2.05, 4.69) is 5.32 Å². The molecular formula is C20H19N3O3S. The number of nitrogens with zero attached hydrogens (tertiary/aromatic N) is 2. The van der Waals surface area contributed by atoms with Gasteiger partial charge in [-0.15, -0.1) is 0 Å². The number of rotatable bonds is 6. The van der Waals surface area contributed by atoms with Gasteiger partial charge in [-0.3, -0.25) is 19.3 Å². The minimum atomic E-state index is -0.221. The van der Waals surface area contributed by atoms with Crippen molar-refractivity contribution in [3.8, 4) is 0 Å². The number of nitrogens with one attached hydrogen (secondary N) is 1. The normalized spacial score (nSPS) is 13.6. The average Bonchev–Trinajstić information content (AvgIpc) is 3.09. The van der Waals surface area contributed by atoms with E-state index in [4.69, 9.17) is 0 Å². The van der Waals surface area contributed by atoms with Gasteiger partial charge in [-0.25, -0.2) is 0 Å². The number of thiazole rings is 1. The number of carbonyl (C=O) groups is 2. The Balaban J connectivity index is 1.29. The van der Waals surface area contributed by atoms with E-state index in [0.29, 0.717) is 24.2 Å². The summed E-state index contributed by atoms with van der Waals surface area (Å²) in [6.45, 7) is 1.63. The Kier molecular flexibility index (Phi) is 4.63. The molecule has 2 aromatic carbocycles. The van der Waals surface area contributed by atoms with Crippen molar-refractivity contribution in [1.82, 2.24) is 14.8 Å². The van der Waals surface area contributed by atoms with E-state index in [1.165, 1.54) is 16.2 Å². The van der Waals surface area contributed by atoms with Crippen LogP contribution in [0.25, 0.3) is 10.2 Å². The first-order valence-corrected chi connectivity index (χ1v) is 9.62. The van der Waals surface area contributed by atoms with Gasteiger partial charge in [-0.2, -0.15) is 0 Å². The van der Waals surface area contributed by atoms with Crippen LogP contribution in [0.1, 0.15) is 26.3 Å². The maximum absolute atomic E-state index is 12.3. The molecule has 3 aromatic rings. The largest absolute Gasteiger partial charge is 0.315 e. The van der Waals surface area contributed by atoms with E-state index in [0.717, 1.165) is 28.7 Å². The van der Waals surface area contributed by atoms with Gasteiger partial charge in [0.05, 0.1) is 21.3 Å². The average molecular weight is 381 g/mol. The number of carbonyl (C=O) groups excluding carboxylic acids is 2. The van der Waals surface area contributed by atoms with E-state index in [-0.39, 0.29) is 16.7 Å². The molecule has 1 aliphatic heterocycles. The third-order valence-corrected chi connectivity index (χ3v) is 5.83. The monoisotopic (exact) mass is 381 g/mol. The molecule has 2 heterocycles. The van der Waals surface area contributed by atoms with Crippen molar-refractivity contribution in [1.29, 1.82) is 0 Å². The fourth-order valence-electron chi connectivity index (χ4n) is 3.32. The highest BCUT2D eigenvalue weighted by Gasteiger charge is 2.34. The molecule has 0 spiro atoms. The van der Waals surface area contributed by atoms with E-state index < -0.39 is 0 Å². The number of amides is 2. The van der Waals surface area contributed by atoms with Crippen LogP contribution < -0.4 is 10.2 Å². The first-order valence-electron chi connectivity index (χ1n) is 8.80. The van der Waals surface area contributed by atoms with Crippen LogP contribution in [0.4, 0.5) is 0 Å². The van der Waals surface area contributed by atoms with Crippen molar-refractivity contribution < 1.29 is 9.59 Å². The van der Waals surface area contributed by atoms with Crippen LogP contribution in [-0.2, 0) is 13.5 Å². The van der Waals surface area contributed by atoms with Gasteiger partial charge in [-0.05, 0) is 42.8 Å². The standard InChI is InChI=1S/C20H19N3O3S/c1-22-16-7-6-13(12-17(16)27-20(22)26)8-9-21-10-11-23-18(24)14-4-2-3-5-15(14)19(23)25/h2-7,12,21H,8-11H2,1H3. The molecule has 6 nitrogen and oxygen atoms in total. The molecule has 2 amide bonds. The number of imide groups is 1. The van der Waals surface area contributed by atoms with Crippen LogP contribution in [0.3, 0.4) is 0 Å². The summed E-state index contributed by atoms with van der Waals surface area (Å²) in [5, 5.41) is 3.28. The van der Waals surface area contributed by atoms with Gasteiger partial charge in [-0.1, -0.05) is 29.5 Å².